The third-order valence-electron chi connectivity index (χ3n) is 7.53. The van der Waals surface area contributed by atoms with Gasteiger partial charge in [-0.15, -0.1) is 0 Å². The van der Waals surface area contributed by atoms with Gasteiger partial charge in [-0.25, -0.2) is 17.9 Å². The molecule has 0 unspecified atom stereocenters. The maximum Gasteiger partial charge on any atom is 0.336 e. The van der Waals surface area contributed by atoms with Crippen molar-refractivity contribution in [3.05, 3.63) is 58.9 Å². The predicted molar refractivity (Wildman–Crippen MR) is 180 cm³/mol. The Morgan fingerprint density at radius 2 is 1.53 bits per heavy atom. The molecular formula is C30H32N4O14S3. The first-order valence-corrected chi connectivity index (χ1v) is 19.4. The van der Waals surface area contributed by atoms with E-state index in [2.05, 4.69) is 10.0 Å². The molecule has 2 aliphatic rings. The second kappa shape index (κ2) is 15.1. The van der Waals surface area contributed by atoms with Crippen molar-refractivity contribution in [2.24, 2.45) is 0 Å². The lowest BCUT2D eigenvalue weighted by Gasteiger charge is -2.21. The number of anilines is 1. The molecule has 2 aromatic carbocycles. The minimum atomic E-state index is -5.26. The van der Waals surface area contributed by atoms with E-state index in [1.807, 2.05) is 0 Å². The highest BCUT2D eigenvalue weighted by molar-refractivity contribution is 7.90. The largest absolute Gasteiger partial charge is 0.481 e. The van der Waals surface area contributed by atoms with Gasteiger partial charge in [-0.2, -0.15) is 16.8 Å². The number of hydrogen-bond donors (Lipinski definition) is 8. The number of nitrogens with two attached hydrogens (primary N) is 1. The number of carboxylic acids is 2. The number of amides is 1. The van der Waals surface area contributed by atoms with Crippen molar-refractivity contribution in [2.45, 2.75) is 41.9 Å². The Bertz CT molecular complexity index is 2410. The number of nitrogens with one attached hydrogen (secondary N) is 3. The Morgan fingerprint density at radius 1 is 0.824 bits per heavy atom. The molecule has 1 aliphatic heterocycles. The lowest BCUT2D eigenvalue weighted by atomic mass is 9.89. The van der Waals surface area contributed by atoms with Gasteiger partial charge >= 0.3 is 11.9 Å². The van der Waals surface area contributed by atoms with Gasteiger partial charge in [0, 0.05) is 41.6 Å². The first kappa shape index (κ1) is 38.9. The summed E-state index contributed by atoms with van der Waals surface area (Å²) >= 11 is 0. The van der Waals surface area contributed by atoms with Crippen LogP contribution in [0.25, 0.3) is 33.4 Å². The van der Waals surface area contributed by atoms with Gasteiger partial charge in [-0.1, -0.05) is 6.42 Å². The number of aromatic carboxylic acids is 1. The van der Waals surface area contributed by atoms with Crippen molar-refractivity contribution < 1.29 is 63.4 Å². The molecule has 0 saturated carbocycles. The number of sulfonamides is 1. The van der Waals surface area contributed by atoms with Crippen LogP contribution in [0.15, 0.2) is 56.7 Å². The molecule has 1 aliphatic carbocycles. The summed E-state index contributed by atoms with van der Waals surface area (Å²) < 4.78 is 102. The molecule has 2 aromatic rings. The van der Waals surface area contributed by atoms with Crippen LogP contribution in [0.1, 0.15) is 52.8 Å². The molecule has 9 N–H and O–H groups in total. The molecule has 0 radical (unpaired) electrons. The first-order chi connectivity index (χ1) is 23.7. The SMILES string of the molecule is N=c1ccc2c(-c3cc(C(=O)NCCCCCC(=O)O)ccc3C(=O)O)c3ccc(N)c(S(=O)(=O)NCCCS(=O)(=O)O)c3oc-2c1S(=O)(=O)O. The molecule has 0 aromatic heterocycles. The van der Waals surface area contributed by atoms with E-state index < -0.39 is 98.1 Å². The average Bonchev–Trinajstić information content (AvgIpc) is 3.01. The number of nitrogen functional groups attached to an aromatic ring is 1. The van der Waals surface area contributed by atoms with E-state index >= 15 is 0 Å². The summed E-state index contributed by atoms with van der Waals surface area (Å²) in [5, 5.41) is 28.9. The topological polar surface area (TPSA) is 322 Å². The summed E-state index contributed by atoms with van der Waals surface area (Å²) in [4.78, 5) is 34.5. The van der Waals surface area contributed by atoms with Crippen molar-refractivity contribution >= 4 is 64.8 Å². The van der Waals surface area contributed by atoms with E-state index in [4.69, 9.17) is 25.2 Å². The molecule has 0 fully saturated rings. The fourth-order valence-electron chi connectivity index (χ4n) is 5.30. The van der Waals surface area contributed by atoms with E-state index in [-0.39, 0.29) is 47.0 Å². The molecule has 1 amide bonds. The van der Waals surface area contributed by atoms with Crippen LogP contribution in [0.5, 0.6) is 0 Å². The van der Waals surface area contributed by atoms with Crippen LogP contribution in [0.2, 0.25) is 0 Å². The smallest absolute Gasteiger partial charge is 0.336 e. The van der Waals surface area contributed by atoms with Gasteiger partial charge in [-0.05, 0) is 67.3 Å². The quantitative estimate of drug-likeness (QED) is 0.0350. The molecule has 0 bridgehead atoms. The second-order valence-electron chi connectivity index (χ2n) is 11.2. The minimum Gasteiger partial charge on any atom is -0.481 e. The maximum absolute atomic E-state index is 13.6. The molecule has 274 valence electrons. The Hall–Kier alpha value is -4.93. The van der Waals surface area contributed by atoms with Gasteiger partial charge in [0.05, 0.1) is 22.4 Å². The van der Waals surface area contributed by atoms with Crippen molar-refractivity contribution in [1.82, 2.24) is 10.0 Å². The highest BCUT2D eigenvalue weighted by atomic mass is 32.2. The maximum atomic E-state index is 13.6. The van der Waals surface area contributed by atoms with Crippen LogP contribution in [-0.4, -0.2) is 81.3 Å². The van der Waals surface area contributed by atoms with E-state index in [0.29, 0.717) is 19.3 Å². The van der Waals surface area contributed by atoms with Gasteiger partial charge in [0.15, 0.2) is 16.2 Å². The van der Waals surface area contributed by atoms with E-state index in [1.54, 1.807) is 0 Å². The van der Waals surface area contributed by atoms with Crippen LogP contribution in [0.3, 0.4) is 0 Å². The van der Waals surface area contributed by atoms with Gasteiger partial charge in [0.25, 0.3) is 26.1 Å². The van der Waals surface area contributed by atoms with Gasteiger partial charge in [0.1, 0.15) is 4.90 Å². The highest BCUT2D eigenvalue weighted by Crippen LogP contribution is 2.45. The second-order valence-corrected chi connectivity index (χ2v) is 15.8. The lowest BCUT2D eigenvalue weighted by Crippen LogP contribution is -2.27. The number of carbonyl (C=O) groups is 3. The zero-order chi connectivity index (χ0) is 37.9. The van der Waals surface area contributed by atoms with Crippen molar-refractivity contribution in [1.29, 1.82) is 5.41 Å². The van der Waals surface area contributed by atoms with Gasteiger partial charge in [-0.3, -0.25) is 24.1 Å². The zero-order valence-electron chi connectivity index (χ0n) is 26.4. The molecular weight excluding hydrogens is 737 g/mol. The Morgan fingerprint density at radius 3 is 2.16 bits per heavy atom. The molecule has 0 atom stereocenters. The predicted octanol–water partition coefficient (Wildman–Crippen LogP) is 2.14. The fourth-order valence-corrected chi connectivity index (χ4v) is 7.87. The van der Waals surface area contributed by atoms with Crippen LogP contribution >= 0.6 is 0 Å². The van der Waals surface area contributed by atoms with Crippen LogP contribution in [0, 0.1) is 5.41 Å². The lowest BCUT2D eigenvalue weighted by molar-refractivity contribution is -0.137. The number of aliphatic carboxylic acids is 1. The Kier molecular flexibility index (Phi) is 11.5. The van der Waals surface area contributed by atoms with Gasteiger partial charge < -0.3 is 25.7 Å². The van der Waals surface area contributed by atoms with E-state index in [9.17, 15) is 49.3 Å². The third-order valence-corrected chi connectivity index (χ3v) is 10.8. The molecule has 1 heterocycles. The van der Waals surface area contributed by atoms with E-state index in [0.717, 1.165) is 24.3 Å². The standard InChI is InChI=1S/C30H32N4O14S3/c31-21-10-8-18-24(20-15-16(6-7-17(20)30(38)39)29(37)33-12-3-1-2-5-23(35)36)19-9-11-22(32)28(51(45,46)47)26(19)48-25(18)27(21)50(43,44)34-13-4-14-49(40,41)42/h6-11,15,32,34H,1-5,12-14,31H2,(H,33,37)(H,35,36)(H,38,39)(H,40,41,42)(H,45,46,47). The summed E-state index contributed by atoms with van der Waals surface area (Å²) in [5.74, 6) is -4.67. The minimum absolute atomic E-state index is 0.0427. The van der Waals surface area contributed by atoms with Crippen molar-refractivity contribution in [3.8, 4) is 22.5 Å². The average molecular weight is 769 g/mol. The third kappa shape index (κ3) is 9.06. The normalized spacial score (nSPS) is 12.3. The number of rotatable bonds is 16. The summed E-state index contributed by atoms with van der Waals surface area (Å²) in [6, 6.07) is 8.00. The Balaban J connectivity index is 1.99. The van der Waals surface area contributed by atoms with Gasteiger partial charge in [0.2, 0.25) is 10.0 Å². The number of carboxylic acid groups (broad SMARTS) is 2. The van der Waals surface area contributed by atoms with E-state index in [1.165, 1.54) is 18.2 Å². The molecule has 0 spiro atoms. The summed E-state index contributed by atoms with van der Waals surface area (Å²) in [6.07, 6.45) is 0.904. The summed E-state index contributed by atoms with van der Waals surface area (Å²) in [5.41, 5.74) is 3.85. The summed E-state index contributed by atoms with van der Waals surface area (Å²) in [7, 11) is -14.4. The van der Waals surface area contributed by atoms with Crippen LogP contribution in [0.4, 0.5) is 5.69 Å². The van der Waals surface area contributed by atoms with Crippen molar-refractivity contribution in [3.63, 3.8) is 0 Å². The van der Waals surface area contributed by atoms with Crippen molar-refractivity contribution in [2.75, 3.05) is 24.6 Å². The first-order valence-electron chi connectivity index (χ1n) is 14.9. The number of unbranched alkanes of at least 4 members (excludes halogenated alkanes) is 2. The molecule has 0 saturated heterocycles. The molecule has 18 nitrogen and oxygen atoms in total. The van der Waals surface area contributed by atoms with Crippen LogP contribution < -0.4 is 21.1 Å². The number of hydrogen-bond acceptors (Lipinski definition) is 12. The number of carbonyl (C=O) groups excluding carboxylic acids is 1. The highest BCUT2D eigenvalue weighted by Gasteiger charge is 2.32. The molecule has 4 rings (SSSR count). The number of fused-ring (bicyclic) bond motifs is 2. The van der Waals surface area contributed by atoms with Crippen LogP contribution in [-0.2, 0) is 35.1 Å². The zero-order valence-corrected chi connectivity index (χ0v) is 28.8. The molecule has 51 heavy (non-hydrogen) atoms. The monoisotopic (exact) mass is 768 g/mol. The summed E-state index contributed by atoms with van der Waals surface area (Å²) in [6.45, 7) is -0.377. The molecule has 21 heteroatoms. The Labute approximate surface area is 290 Å². The fraction of sp³-hybridized carbons (Fsp3) is 0.267. The number of benzene rings is 3.